The Morgan fingerprint density at radius 2 is 2.18 bits per heavy atom. The zero-order valence-corrected chi connectivity index (χ0v) is 14.8. The first-order valence-corrected chi connectivity index (χ1v) is 8.56. The fourth-order valence-corrected chi connectivity index (χ4v) is 3.67. The Labute approximate surface area is 140 Å². The number of rotatable bonds is 5. The Kier molecular flexibility index (Phi) is 6.43. The Hall–Kier alpha value is -0.890. The molecule has 118 valence electrons. The molecule has 0 aromatic heterocycles. The summed E-state index contributed by atoms with van der Waals surface area (Å²) >= 11 is 4.62. The molecule has 1 aromatic carbocycles. The zero-order valence-electron chi connectivity index (χ0n) is 12.7. The molecule has 0 radical (unpaired) electrons. The van der Waals surface area contributed by atoms with E-state index < -0.39 is 0 Å². The molecule has 0 N–H and O–H groups in total. The molecule has 1 heterocycles. The van der Waals surface area contributed by atoms with Crippen LogP contribution < -0.4 is 5.30 Å². The lowest BCUT2D eigenvalue weighted by Crippen LogP contribution is -2.44. The van der Waals surface area contributed by atoms with Crippen LogP contribution in [-0.2, 0) is 6.54 Å². The molecule has 3 atom stereocenters. The third-order valence-corrected chi connectivity index (χ3v) is 5.07. The van der Waals surface area contributed by atoms with Gasteiger partial charge in [0.2, 0.25) is 0 Å². The maximum Gasteiger partial charge on any atom is 0.128 e. The summed E-state index contributed by atoms with van der Waals surface area (Å²) in [5.41, 5.74) is 1.87. The molecular weight excluding hydrogens is 312 g/mol. The lowest BCUT2D eigenvalue weighted by molar-refractivity contribution is 0.169. The summed E-state index contributed by atoms with van der Waals surface area (Å²) in [6.07, 6.45) is 7.71. The average molecular weight is 335 g/mol. The van der Waals surface area contributed by atoms with E-state index in [0.29, 0.717) is 11.8 Å². The molecule has 1 aromatic rings. The number of hydrogen-bond acceptors (Lipinski definition) is 2. The fraction of sp³-hybridized carbons (Fsp3) is 0.333. The first-order chi connectivity index (χ1) is 10.6. The molecular formula is C18H23FNPS. The molecule has 22 heavy (non-hydrogen) atoms. The molecule has 0 saturated carbocycles. The lowest BCUT2D eigenvalue weighted by atomic mass is 9.93. The van der Waals surface area contributed by atoms with E-state index in [2.05, 4.69) is 39.9 Å². The van der Waals surface area contributed by atoms with Crippen LogP contribution in [0.15, 0.2) is 55.2 Å². The number of likely N-dealkylation sites (tertiary alicyclic amines) is 1. The van der Waals surface area contributed by atoms with Crippen molar-refractivity contribution >= 4 is 27.2 Å². The van der Waals surface area contributed by atoms with Gasteiger partial charge in [-0.15, -0.1) is 9.24 Å². The molecule has 3 unspecified atom stereocenters. The number of thiol groups is 1. The van der Waals surface area contributed by atoms with Gasteiger partial charge >= 0.3 is 0 Å². The van der Waals surface area contributed by atoms with Crippen molar-refractivity contribution < 1.29 is 4.39 Å². The second-order valence-electron chi connectivity index (χ2n) is 5.59. The van der Waals surface area contributed by atoms with Gasteiger partial charge < -0.3 is 0 Å². The highest BCUT2D eigenvalue weighted by molar-refractivity contribution is 7.81. The predicted octanol–water partition coefficient (Wildman–Crippen LogP) is 3.89. The van der Waals surface area contributed by atoms with E-state index >= 15 is 0 Å². The quantitative estimate of drug-likeness (QED) is 0.485. The Bertz CT molecular complexity index is 564. The number of nitrogens with zero attached hydrogens (tertiary/aromatic N) is 1. The van der Waals surface area contributed by atoms with Gasteiger partial charge in [-0.05, 0) is 29.8 Å². The van der Waals surface area contributed by atoms with Crippen LogP contribution >= 0.6 is 21.9 Å². The van der Waals surface area contributed by atoms with E-state index in [9.17, 15) is 4.39 Å². The van der Waals surface area contributed by atoms with Crippen LogP contribution in [0.2, 0.25) is 0 Å². The van der Waals surface area contributed by atoms with Crippen LogP contribution in [0.5, 0.6) is 0 Å². The van der Waals surface area contributed by atoms with Crippen molar-refractivity contribution in [2.45, 2.75) is 30.7 Å². The van der Waals surface area contributed by atoms with E-state index in [1.807, 2.05) is 18.2 Å². The number of hydrogen-bond donors (Lipinski definition) is 1. The van der Waals surface area contributed by atoms with Gasteiger partial charge in [0.25, 0.3) is 0 Å². The summed E-state index contributed by atoms with van der Waals surface area (Å²) in [5.74, 6) is -0.152. The Balaban J connectivity index is 2.29. The molecule has 2 rings (SSSR count). The highest BCUT2D eigenvalue weighted by Gasteiger charge is 2.29. The molecule has 1 fully saturated rings. The topological polar surface area (TPSA) is 3.24 Å². The van der Waals surface area contributed by atoms with Crippen molar-refractivity contribution in [3.63, 3.8) is 0 Å². The van der Waals surface area contributed by atoms with Crippen molar-refractivity contribution in [3.8, 4) is 0 Å². The summed E-state index contributed by atoms with van der Waals surface area (Å²) in [4.78, 5) is 2.30. The second-order valence-corrected chi connectivity index (χ2v) is 6.94. The van der Waals surface area contributed by atoms with Crippen LogP contribution in [0.25, 0.3) is 0 Å². The predicted molar refractivity (Wildman–Crippen MR) is 100 cm³/mol. The third kappa shape index (κ3) is 4.10. The fourth-order valence-electron chi connectivity index (χ4n) is 2.97. The van der Waals surface area contributed by atoms with Crippen LogP contribution in [0.1, 0.15) is 18.4 Å². The minimum atomic E-state index is -0.152. The lowest BCUT2D eigenvalue weighted by Gasteiger charge is -2.39. The molecule has 0 bridgehead atoms. The number of benzene rings is 1. The van der Waals surface area contributed by atoms with E-state index in [-0.39, 0.29) is 11.9 Å². The van der Waals surface area contributed by atoms with E-state index in [0.717, 1.165) is 35.8 Å². The first-order valence-electron chi connectivity index (χ1n) is 7.46. The molecule has 0 spiro atoms. The van der Waals surface area contributed by atoms with Gasteiger partial charge in [-0.25, -0.2) is 4.39 Å². The molecule has 1 saturated heterocycles. The standard InChI is InChI=1S/C18H23FNPS/c1-3-6-13(4-2)17-10-9-14(22)11-20(17)12-15-16(19)7-5-8-18(15)21/h3-8,14,17,22H,1-2,9-12,21H2/b13-6+. The van der Waals surface area contributed by atoms with Gasteiger partial charge in [0.15, 0.2) is 0 Å². The largest absolute Gasteiger partial charge is 0.291 e. The highest BCUT2D eigenvalue weighted by atomic mass is 32.1. The smallest absolute Gasteiger partial charge is 0.128 e. The van der Waals surface area contributed by atoms with Crippen LogP contribution in [0.3, 0.4) is 0 Å². The molecule has 4 heteroatoms. The van der Waals surface area contributed by atoms with Crippen molar-refractivity contribution in [1.29, 1.82) is 0 Å². The number of allylic oxidation sites excluding steroid dienone is 2. The Morgan fingerprint density at radius 1 is 1.41 bits per heavy atom. The summed E-state index contributed by atoms with van der Waals surface area (Å²) < 4.78 is 14.2. The molecule has 1 nitrogen and oxygen atoms in total. The van der Waals surface area contributed by atoms with Crippen LogP contribution in [-0.4, -0.2) is 22.7 Å². The molecule has 0 aliphatic carbocycles. The second kappa shape index (κ2) is 8.10. The first kappa shape index (κ1) is 17.5. The van der Waals surface area contributed by atoms with Gasteiger partial charge in [0.1, 0.15) is 5.82 Å². The highest BCUT2D eigenvalue weighted by Crippen LogP contribution is 2.28. The van der Waals surface area contributed by atoms with Crippen LogP contribution in [0.4, 0.5) is 4.39 Å². The average Bonchev–Trinajstić information content (AvgIpc) is 2.49. The minimum Gasteiger partial charge on any atom is -0.291 e. The van der Waals surface area contributed by atoms with Crippen molar-refractivity contribution in [1.82, 2.24) is 4.90 Å². The van der Waals surface area contributed by atoms with Gasteiger partial charge in [-0.1, -0.05) is 43.5 Å². The SMILES string of the molecule is C=C/C=C(\C=C)C1CCC(S)CN1Cc1c(F)cccc1P. The Morgan fingerprint density at radius 3 is 2.82 bits per heavy atom. The normalized spacial score (nSPS) is 23.3. The molecule has 1 aliphatic rings. The summed E-state index contributed by atoms with van der Waals surface area (Å²) in [6, 6.07) is 5.42. The van der Waals surface area contributed by atoms with Crippen molar-refractivity contribution in [3.05, 3.63) is 66.5 Å². The van der Waals surface area contributed by atoms with Gasteiger partial charge in [-0.2, -0.15) is 12.6 Å². The summed E-state index contributed by atoms with van der Waals surface area (Å²) in [7, 11) is 2.63. The minimum absolute atomic E-state index is 0.152. The van der Waals surface area contributed by atoms with Crippen molar-refractivity contribution in [2.75, 3.05) is 6.54 Å². The maximum absolute atomic E-state index is 14.2. The van der Waals surface area contributed by atoms with Crippen molar-refractivity contribution in [2.24, 2.45) is 0 Å². The van der Waals surface area contributed by atoms with Crippen LogP contribution in [0, 0.1) is 5.82 Å². The number of piperidine rings is 1. The zero-order chi connectivity index (χ0) is 16.1. The maximum atomic E-state index is 14.2. The van der Waals surface area contributed by atoms with E-state index in [1.165, 1.54) is 6.07 Å². The molecule has 0 amide bonds. The summed E-state index contributed by atoms with van der Waals surface area (Å²) in [6.45, 7) is 9.11. The monoisotopic (exact) mass is 335 g/mol. The van der Waals surface area contributed by atoms with Gasteiger partial charge in [0.05, 0.1) is 0 Å². The van der Waals surface area contributed by atoms with Gasteiger partial charge in [0, 0.05) is 29.9 Å². The van der Waals surface area contributed by atoms with E-state index in [4.69, 9.17) is 0 Å². The third-order valence-electron chi connectivity index (χ3n) is 4.11. The summed E-state index contributed by atoms with van der Waals surface area (Å²) in [5, 5.41) is 1.23. The number of halogens is 1. The van der Waals surface area contributed by atoms with E-state index in [1.54, 1.807) is 12.1 Å². The molecule has 1 aliphatic heterocycles. The van der Waals surface area contributed by atoms with Gasteiger partial charge in [-0.3, -0.25) is 4.90 Å².